The van der Waals surface area contributed by atoms with Gasteiger partial charge in [-0.25, -0.2) is 22.0 Å². The van der Waals surface area contributed by atoms with Gasteiger partial charge in [0.25, 0.3) is 0 Å². The monoisotopic (exact) mass is 294 g/mol. The van der Waals surface area contributed by atoms with Crippen LogP contribution in [0.3, 0.4) is 0 Å². The van der Waals surface area contributed by atoms with Crippen molar-refractivity contribution in [2.75, 3.05) is 32.0 Å². The molecule has 0 aliphatic carbocycles. The van der Waals surface area contributed by atoms with Gasteiger partial charge in [0, 0.05) is 6.54 Å². The average molecular weight is 294 g/mol. The smallest absolute Gasteiger partial charge is 0.200 e. The lowest BCUT2D eigenvalue weighted by molar-refractivity contribution is 0.226. The van der Waals surface area contributed by atoms with E-state index in [2.05, 4.69) is 10.2 Å². The Kier molecular flexibility index (Phi) is 4.47. The van der Waals surface area contributed by atoms with Crippen molar-refractivity contribution < 1.29 is 22.0 Å². The van der Waals surface area contributed by atoms with Gasteiger partial charge in [0.2, 0.25) is 5.82 Å². The Hall–Kier alpha value is -1.37. The summed E-state index contributed by atoms with van der Waals surface area (Å²) in [5.74, 6) is -9.45. The Morgan fingerprint density at radius 3 is 1.85 bits per heavy atom. The number of anilines is 1. The molecule has 112 valence electrons. The van der Waals surface area contributed by atoms with Gasteiger partial charge in [-0.1, -0.05) is 0 Å². The summed E-state index contributed by atoms with van der Waals surface area (Å²) in [5.41, 5.74) is -0.944. The SMILES string of the molecule is CN1CCC(CNc2c(F)c(F)c(F)c(F)c2F)CC1. The zero-order valence-corrected chi connectivity index (χ0v) is 10.9. The number of nitrogens with one attached hydrogen (secondary N) is 1. The molecule has 0 saturated carbocycles. The molecule has 0 amide bonds. The molecule has 1 aromatic rings. The van der Waals surface area contributed by atoms with Gasteiger partial charge in [0.15, 0.2) is 23.3 Å². The highest BCUT2D eigenvalue weighted by Crippen LogP contribution is 2.28. The van der Waals surface area contributed by atoms with E-state index in [4.69, 9.17) is 0 Å². The zero-order chi connectivity index (χ0) is 14.9. The zero-order valence-electron chi connectivity index (χ0n) is 10.9. The highest BCUT2D eigenvalue weighted by molar-refractivity contribution is 5.47. The van der Waals surface area contributed by atoms with E-state index in [9.17, 15) is 22.0 Å². The normalized spacial score (nSPS) is 17.5. The molecule has 0 spiro atoms. The van der Waals surface area contributed by atoms with Crippen molar-refractivity contribution in [3.8, 4) is 0 Å². The number of piperidine rings is 1. The van der Waals surface area contributed by atoms with Gasteiger partial charge in [-0.05, 0) is 38.9 Å². The number of likely N-dealkylation sites (tertiary alicyclic amines) is 1. The van der Waals surface area contributed by atoms with E-state index in [1.54, 1.807) is 0 Å². The highest BCUT2D eigenvalue weighted by atomic mass is 19.2. The van der Waals surface area contributed by atoms with Crippen molar-refractivity contribution in [1.29, 1.82) is 0 Å². The molecule has 1 aliphatic rings. The van der Waals surface area contributed by atoms with Crippen LogP contribution in [0, 0.1) is 35.0 Å². The van der Waals surface area contributed by atoms with E-state index >= 15 is 0 Å². The van der Waals surface area contributed by atoms with Crippen molar-refractivity contribution in [1.82, 2.24) is 4.90 Å². The molecule has 20 heavy (non-hydrogen) atoms. The fourth-order valence-corrected chi connectivity index (χ4v) is 2.27. The molecule has 1 aromatic carbocycles. The Morgan fingerprint density at radius 2 is 1.35 bits per heavy atom. The van der Waals surface area contributed by atoms with Crippen molar-refractivity contribution in [2.45, 2.75) is 12.8 Å². The molecule has 1 N–H and O–H groups in total. The number of nitrogens with zero attached hydrogens (tertiary/aromatic N) is 1. The Balaban J connectivity index is 2.10. The second kappa shape index (κ2) is 5.95. The van der Waals surface area contributed by atoms with Crippen LogP contribution in [0.15, 0.2) is 0 Å². The number of rotatable bonds is 3. The van der Waals surface area contributed by atoms with E-state index in [0.29, 0.717) is 0 Å². The third-order valence-corrected chi connectivity index (χ3v) is 3.62. The minimum absolute atomic E-state index is 0.154. The van der Waals surface area contributed by atoms with Crippen molar-refractivity contribution >= 4 is 5.69 Å². The van der Waals surface area contributed by atoms with E-state index in [0.717, 1.165) is 25.9 Å². The second-order valence-corrected chi connectivity index (χ2v) is 5.07. The quantitative estimate of drug-likeness (QED) is 0.523. The molecule has 0 unspecified atom stereocenters. The number of hydrogen-bond donors (Lipinski definition) is 1. The standard InChI is InChI=1S/C13H15F5N2/c1-20-4-2-7(3-5-20)6-19-13-11(17)9(15)8(14)10(16)12(13)18/h7,19H,2-6H2,1H3. The number of halogens is 5. The van der Waals surface area contributed by atoms with Crippen LogP contribution in [0.25, 0.3) is 0 Å². The summed E-state index contributed by atoms with van der Waals surface area (Å²) in [6.45, 7) is 1.89. The molecule has 0 aromatic heterocycles. The van der Waals surface area contributed by atoms with Crippen molar-refractivity contribution in [3.05, 3.63) is 29.1 Å². The predicted molar refractivity (Wildman–Crippen MR) is 64.9 cm³/mol. The summed E-state index contributed by atoms with van der Waals surface area (Å²) in [6.07, 6.45) is 1.64. The van der Waals surface area contributed by atoms with Crippen LogP contribution in [0.1, 0.15) is 12.8 Å². The Morgan fingerprint density at radius 1 is 0.900 bits per heavy atom. The maximum atomic E-state index is 13.4. The summed E-state index contributed by atoms with van der Waals surface area (Å²) >= 11 is 0. The van der Waals surface area contributed by atoms with E-state index in [-0.39, 0.29) is 12.5 Å². The molecule has 0 atom stereocenters. The fourth-order valence-electron chi connectivity index (χ4n) is 2.27. The first-order valence-corrected chi connectivity index (χ1v) is 6.35. The maximum absolute atomic E-state index is 13.4. The van der Waals surface area contributed by atoms with Gasteiger partial charge in [-0.2, -0.15) is 0 Å². The molecule has 0 bridgehead atoms. The summed E-state index contributed by atoms with van der Waals surface area (Å²) in [6, 6.07) is 0. The van der Waals surface area contributed by atoms with E-state index in [1.807, 2.05) is 7.05 Å². The molecule has 1 fully saturated rings. The van der Waals surface area contributed by atoms with Crippen LogP contribution in [-0.2, 0) is 0 Å². The van der Waals surface area contributed by atoms with Crippen LogP contribution in [0.2, 0.25) is 0 Å². The molecular formula is C13H15F5N2. The molecule has 1 saturated heterocycles. The summed E-state index contributed by atoms with van der Waals surface area (Å²) in [5, 5.41) is 2.36. The maximum Gasteiger partial charge on any atom is 0.200 e. The van der Waals surface area contributed by atoms with Crippen LogP contribution in [0.5, 0.6) is 0 Å². The minimum Gasteiger partial charge on any atom is -0.380 e. The molecule has 0 radical (unpaired) electrons. The summed E-state index contributed by atoms with van der Waals surface area (Å²) in [4.78, 5) is 2.12. The van der Waals surface area contributed by atoms with Gasteiger partial charge in [-0.15, -0.1) is 0 Å². The topological polar surface area (TPSA) is 15.3 Å². The lowest BCUT2D eigenvalue weighted by Gasteiger charge is -2.29. The van der Waals surface area contributed by atoms with Gasteiger partial charge < -0.3 is 10.2 Å². The molecule has 1 aliphatic heterocycles. The van der Waals surface area contributed by atoms with Crippen molar-refractivity contribution in [3.63, 3.8) is 0 Å². The van der Waals surface area contributed by atoms with Gasteiger partial charge in [0.1, 0.15) is 5.69 Å². The Labute approximate surface area is 113 Å². The van der Waals surface area contributed by atoms with E-state index in [1.165, 1.54) is 0 Å². The molecule has 1 heterocycles. The fraction of sp³-hybridized carbons (Fsp3) is 0.538. The lowest BCUT2D eigenvalue weighted by atomic mass is 9.97. The van der Waals surface area contributed by atoms with E-state index < -0.39 is 34.8 Å². The first kappa shape index (κ1) is 15.0. The largest absolute Gasteiger partial charge is 0.380 e. The third kappa shape index (κ3) is 2.87. The first-order valence-electron chi connectivity index (χ1n) is 6.35. The van der Waals surface area contributed by atoms with Crippen LogP contribution >= 0.6 is 0 Å². The number of benzene rings is 1. The van der Waals surface area contributed by atoms with Gasteiger partial charge in [0.05, 0.1) is 0 Å². The third-order valence-electron chi connectivity index (χ3n) is 3.62. The molecule has 2 rings (SSSR count). The second-order valence-electron chi connectivity index (χ2n) is 5.07. The number of hydrogen-bond acceptors (Lipinski definition) is 2. The van der Waals surface area contributed by atoms with Crippen molar-refractivity contribution in [2.24, 2.45) is 5.92 Å². The average Bonchev–Trinajstić information content (AvgIpc) is 2.45. The summed E-state index contributed by atoms with van der Waals surface area (Å²) in [7, 11) is 1.97. The van der Waals surface area contributed by atoms with Crippen LogP contribution in [0.4, 0.5) is 27.6 Å². The minimum atomic E-state index is -2.13. The predicted octanol–water partition coefficient (Wildman–Crippen LogP) is 3.14. The lowest BCUT2D eigenvalue weighted by Crippen LogP contribution is -2.33. The molecular weight excluding hydrogens is 279 g/mol. The Bertz CT molecular complexity index is 469. The highest BCUT2D eigenvalue weighted by Gasteiger charge is 2.26. The van der Waals surface area contributed by atoms with Crippen LogP contribution in [-0.4, -0.2) is 31.6 Å². The summed E-state index contributed by atoms with van der Waals surface area (Å²) < 4.78 is 65.8. The first-order chi connectivity index (χ1) is 9.41. The van der Waals surface area contributed by atoms with Gasteiger partial charge in [-0.3, -0.25) is 0 Å². The van der Waals surface area contributed by atoms with Crippen LogP contribution < -0.4 is 5.32 Å². The molecule has 7 heteroatoms. The van der Waals surface area contributed by atoms with Gasteiger partial charge >= 0.3 is 0 Å². The molecule has 2 nitrogen and oxygen atoms in total.